The lowest BCUT2D eigenvalue weighted by Crippen LogP contribution is -2.15. The normalized spacial score (nSPS) is 11.7. The van der Waals surface area contributed by atoms with Gasteiger partial charge < -0.3 is 10.1 Å². The Hall–Kier alpha value is -2.36. The highest BCUT2D eigenvalue weighted by molar-refractivity contribution is 9.10. The Kier molecular flexibility index (Phi) is 4.80. The van der Waals surface area contributed by atoms with Crippen molar-refractivity contribution in [3.63, 3.8) is 0 Å². The predicted molar refractivity (Wildman–Crippen MR) is 88.6 cm³/mol. The van der Waals surface area contributed by atoms with Gasteiger partial charge in [-0.2, -0.15) is 22.7 Å². The number of nitrogens with one attached hydrogen (secondary N) is 1. The van der Waals surface area contributed by atoms with Gasteiger partial charge in [0.1, 0.15) is 18.2 Å². The number of alkyl halides is 3. The highest BCUT2D eigenvalue weighted by Gasteiger charge is 2.36. The molecule has 1 N–H and O–H groups in total. The quantitative estimate of drug-likeness (QED) is 0.643. The van der Waals surface area contributed by atoms with Crippen LogP contribution >= 0.6 is 15.9 Å². The van der Waals surface area contributed by atoms with Crippen molar-refractivity contribution < 1.29 is 17.9 Å². The highest BCUT2D eigenvalue weighted by Crippen LogP contribution is 2.27. The van der Waals surface area contributed by atoms with Crippen molar-refractivity contribution >= 4 is 27.5 Å². The van der Waals surface area contributed by atoms with Gasteiger partial charge in [0.2, 0.25) is 0 Å². The molecule has 0 aliphatic carbocycles. The Morgan fingerprint density at radius 1 is 1.20 bits per heavy atom. The number of nitrogens with zero attached hydrogens (tertiary/aromatic N) is 4. The Bertz CT molecular complexity index is 879. The molecule has 0 amide bonds. The summed E-state index contributed by atoms with van der Waals surface area (Å²) in [6.07, 6.45) is -4.62. The number of hydrogen-bond donors (Lipinski definition) is 1. The number of aryl methyl sites for hydroxylation is 1. The fourth-order valence-corrected chi connectivity index (χ4v) is 2.38. The molecule has 2 heterocycles. The van der Waals surface area contributed by atoms with Gasteiger partial charge in [0.15, 0.2) is 0 Å². The van der Waals surface area contributed by atoms with Crippen LogP contribution in [0.4, 0.5) is 19.0 Å². The molecule has 0 radical (unpaired) electrons. The molecule has 0 aliphatic rings. The second-order valence-electron chi connectivity index (χ2n) is 5.16. The molecule has 10 heteroatoms. The predicted octanol–water partition coefficient (Wildman–Crippen LogP) is 3.70. The van der Waals surface area contributed by atoms with Crippen molar-refractivity contribution in [1.29, 1.82) is 0 Å². The molecule has 3 rings (SSSR count). The fourth-order valence-electron chi connectivity index (χ4n) is 2.11. The number of benzene rings is 1. The Balaban J connectivity index is 1.70. The van der Waals surface area contributed by atoms with Crippen molar-refractivity contribution in [3.05, 3.63) is 46.3 Å². The molecule has 6 nitrogen and oxygen atoms in total. The minimum atomic E-state index is -4.62. The Labute approximate surface area is 149 Å². The van der Waals surface area contributed by atoms with Crippen LogP contribution in [0.5, 0.6) is 5.75 Å². The van der Waals surface area contributed by atoms with Crippen LogP contribution in [0.15, 0.2) is 34.8 Å². The zero-order valence-corrected chi connectivity index (χ0v) is 14.6. The largest absolute Gasteiger partial charge is 0.492 e. The van der Waals surface area contributed by atoms with E-state index < -0.39 is 12.0 Å². The summed E-state index contributed by atoms with van der Waals surface area (Å²) >= 11 is 3.33. The first-order valence-corrected chi connectivity index (χ1v) is 8.06. The topological polar surface area (TPSA) is 64.3 Å². The molecule has 0 unspecified atom stereocenters. The first kappa shape index (κ1) is 17.5. The molecule has 0 fully saturated rings. The lowest BCUT2D eigenvalue weighted by molar-refractivity contribution is -0.144. The van der Waals surface area contributed by atoms with Gasteiger partial charge in [0.05, 0.1) is 6.54 Å². The van der Waals surface area contributed by atoms with Crippen LogP contribution in [0.25, 0.3) is 5.78 Å². The Morgan fingerprint density at radius 3 is 2.60 bits per heavy atom. The molecule has 25 heavy (non-hydrogen) atoms. The summed E-state index contributed by atoms with van der Waals surface area (Å²) in [6, 6.07) is 8.93. The molecular formula is C15H13BrF3N5O. The van der Waals surface area contributed by atoms with E-state index in [1.54, 1.807) is 13.0 Å². The van der Waals surface area contributed by atoms with Gasteiger partial charge in [-0.05, 0) is 31.2 Å². The second kappa shape index (κ2) is 6.87. The van der Waals surface area contributed by atoms with E-state index in [1.165, 1.54) is 0 Å². The lowest BCUT2D eigenvalue weighted by atomic mass is 10.3. The molecule has 0 saturated heterocycles. The van der Waals surface area contributed by atoms with E-state index in [9.17, 15) is 13.2 Å². The minimum Gasteiger partial charge on any atom is -0.492 e. The van der Waals surface area contributed by atoms with Gasteiger partial charge in [-0.3, -0.25) is 0 Å². The third-order valence-corrected chi connectivity index (χ3v) is 3.71. The molecular weight excluding hydrogens is 403 g/mol. The van der Waals surface area contributed by atoms with Gasteiger partial charge in [-0.1, -0.05) is 15.9 Å². The number of rotatable bonds is 5. The van der Waals surface area contributed by atoms with E-state index in [0.29, 0.717) is 30.4 Å². The first-order chi connectivity index (χ1) is 11.8. The molecule has 132 valence electrons. The van der Waals surface area contributed by atoms with Gasteiger partial charge in [0, 0.05) is 16.2 Å². The molecule has 1 aromatic carbocycles. The van der Waals surface area contributed by atoms with E-state index in [2.05, 4.69) is 36.3 Å². The monoisotopic (exact) mass is 415 g/mol. The van der Waals surface area contributed by atoms with Crippen LogP contribution in [-0.4, -0.2) is 32.7 Å². The first-order valence-electron chi connectivity index (χ1n) is 7.27. The minimum absolute atomic E-state index is 0.108. The van der Waals surface area contributed by atoms with E-state index in [0.717, 1.165) is 8.99 Å². The van der Waals surface area contributed by atoms with Gasteiger partial charge in [0.25, 0.3) is 11.6 Å². The molecule has 3 aromatic rings. The number of ether oxygens (including phenoxy) is 1. The van der Waals surface area contributed by atoms with E-state index in [-0.39, 0.29) is 5.78 Å². The van der Waals surface area contributed by atoms with Crippen molar-refractivity contribution in [2.24, 2.45) is 0 Å². The van der Waals surface area contributed by atoms with Crippen LogP contribution in [0.1, 0.15) is 11.5 Å². The van der Waals surface area contributed by atoms with Crippen LogP contribution in [0, 0.1) is 6.92 Å². The average Bonchev–Trinajstić information content (AvgIpc) is 2.97. The average molecular weight is 416 g/mol. The second-order valence-corrected chi connectivity index (χ2v) is 6.07. The summed E-state index contributed by atoms with van der Waals surface area (Å²) in [4.78, 5) is 7.40. The van der Waals surface area contributed by atoms with E-state index in [1.807, 2.05) is 24.3 Å². The van der Waals surface area contributed by atoms with Crippen molar-refractivity contribution in [3.8, 4) is 5.75 Å². The zero-order chi connectivity index (χ0) is 18.0. The summed E-state index contributed by atoms with van der Waals surface area (Å²) < 4.78 is 45.9. The summed E-state index contributed by atoms with van der Waals surface area (Å²) in [5, 5.41) is 6.47. The molecule has 0 aliphatic heterocycles. The lowest BCUT2D eigenvalue weighted by Gasteiger charge is -2.10. The SMILES string of the molecule is Cc1cc(NCCOc2ccc(Br)cc2)n2nc(C(F)(F)F)nc2n1. The van der Waals surface area contributed by atoms with Crippen LogP contribution in [-0.2, 0) is 6.18 Å². The summed E-state index contributed by atoms with van der Waals surface area (Å²) in [5.41, 5.74) is 0.532. The molecule has 0 bridgehead atoms. The van der Waals surface area contributed by atoms with Crippen molar-refractivity contribution in [2.45, 2.75) is 13.1 Å². The van der Waals surface area contributed by atoms with Crippen molar-refractivity contribution in [2.75, 3.05) is 18.5 Å². The van der Waals surface area contributed by atoms with Crippen LogP contribution in [0.2, 0.25) is 0 Å². The molecule has 0 saturated carbocycles. The number of aromatic nitrogens is 4. The molecule has 0 atom stereocenters. The molecule has 0 spiro atoms. The summed E-state index contributed by atoms with van der Waals surface area (Å²) in [7, 11) is 0. The maximum absolute atomic E-state index is 12.8. The van der Waals surface area contributed by atoms with Crippen LogP contribution < -0.4 is 10.1 Å². The zero-order valence-electron chi connectivity index (χ0n) is 13.0. The third-order valence-electron chi connectivity index (χ3n) is 3.18. The highest BCUT2D eigenvalue weighted by atomic mass is 79.9. The smallest absolute Gasteiger partial charge is 0.453 e. The number of anilines is 1. The molecule has 2 aromatic heterocycles. The van der Waals surface area contributed by atoms with Crippen molar-refractivity contribution in [1.82, 2.24) is 19.6 Å². The summed E-state index contributed by atoms with van der Waals surface area (Å²) in [5.74, 6) is -0.269. The maximum atomic E-state index is 12.8. The van der Waals surface area contributed by atoms with E-state index >= 15 is 0 Å². The summed E-state index contributed by atoms with van der Waals surface area (Å²) in [6.45, 7) is 2.37. The standard InChI is InChI=1S/C15H13BrF3N5O/c1-9-8-12(20-6-7-25-11-4-2-10(16)3-5-11)24-14(21-9)22-13(23-24)15(17,18)19/h2-5,8,20H,6-7H2,1H3. The Morgan fingerprint density at radius 2 is 1.92 bits per heavy atom. The fraction of sp³-hybridized carbons (Fsp3) is 0.267. The van der Waals surface area contributed by atoms with Gasteiger partial charge in [-0.15, -0.1) is 5.10 Å². The number of halogens is 4. The number of fused-ring (bicyclic) bond motifs is 1. The third kappa shape index (κ3) is 4.19. The van der Waals surface area contributed by atoms with Gasteiger partial charge in [-0.25, -0.2) is 4.98 Å². The van der Waals surface area contributed by atoms with Crippen LogP contribution in [0.3, 0.4) is 0 Å². The number of hydrogen-bond acceptors (Lipinski definition) is 5. The van der Waals surface area contributed by atoms with Gasteiger partial charge >= 0.3 is 6.18 Å². The van der Waals surface area contributed by atoms with E-state index in [4.69, 9.17) is 4.74 Å². The maximum Gasteiger partial charge on any atom is 0.453 e.